The van der Waals surface area contributed by atoms with Crippen molar-refractivity contribution in [2.75, 3.05) is 0 Å². The molecular formula is C15H23N. The maximum Gasteiger partial charge on any atom is 0.0527 e. The van der Waals surface area contributed by atoms with E-state index in [2.05, 4.69) is 65.8 Å². The van der Waals surface area contributed by atoms with Crippen LogP contribution >= 0.6 is 0 Å². The number of aliphatic imine (C=N–C) groups is 1. The van der Waals surface area contributed by atoms with Gasteiger partial charge in [-0.15, -0.1) is 0 Å². The van der Waals surface area contributed by atoms with Gasteiger partial charge in [0.1, 0.15) is 0 Å². The lowest BCUT2D eigenvalue weighted by Crippen LogP contribution is -2.26. The van der Waals surface area contributed by atoms with Crippen LogP contribution in [0, 0.1) is 5.41 Å². The Labute approximate surface area is 99.6 Å². The smallest absolute Gasteiger partial charge is 0.0527 e. The van der Waals surface area contributed by atoms with E-state index in [1.165, 1.54) is 11.3 Å². The number of hydrogen-bond donors (Lipinski definition) is 0. The lowest BCUT2D eigenvalue weighted by Gasteiger charge is -2.26. The highest BCUT2D eigenvalue weighted by atomic mass is 14.8. The molecule has 0 amide bonds. The molecule has 1 rings (SSSR count). The van der Waals surface area contributed by atoms with E-state index in [4.69, 9.17) is 4.99 Å². The molecule has 0 radical (unpaired) electrons. The Kier molecular flexibility index (Phi) is 3.57. The maximum atomic E-state index is 4.87. The molecule has 0 bridgehead atoms. The van der Waals surface area contributed by atoms with Crippen LogP contribution in [0.5, 0.6) is 0 Å². The zero-order valence-electron chi connectivity index (χ0n) is 11.3. The van der Waals surface area contributed by atoms with Crippen LogP contribution in [0.1, 0.15) is 47.1 Å². The first-order chi connectivity index (χ1) is 7.20. The first kappa shape index (κ1) is 13.0. The monoisotopic (exact) mass is 217 g/mol. The van der Waals surface area contributed by atoms with Gasteiger partial charge >= 0.3 is 0 Å². The van der Waals surface area contributed by atoms with Crippen LogP contribution in [-0.4, -0.2) is 11.3 Å². The summed E-state index contributed by atoms with van der Waals surface area (Å²) in [5.41, 5.74) is 2.46. The van der Waals surface area contributed by atoms with E-state index in [-0.39, 0.29) is 11.0 Å². The minimum atomic E-state index is -0.0293. The van der Waals surface area contributed by atoms with Crippen LogP contribution in [-0.2, 0) is 0 Å². The molecule has 0 heterocycles. The second-order valence-corrected chi connectivity index (χ2v) is 6.25. The fourth-order valence-electron chi connectivity index (χ4n) is 1.60. The Morgan fingerprint density at radius 1 is 0.875 bits per heavy atom. The predicted octanol–water partition coefficient (Wildman–Crippen LogP) is 4.32. The van der Waals surface area contributed by atoms with Gasteiger partial charge in [-0.05, 0) is 26.3 Å². The quantitative estimate of drug-likeness (QED) is 0.621. The van der Waals surface area contributed by atoms with Crippen LogP contribution in [0.4, 0.5) is 0 Å². The van der Waals surface area contributed by atoms with Gasteiger partial charge in [-0.1, -0.05) is 51.1 Å². The molecule has 0 aromatic heterocycles. The number of rotatable bonds is 1. The van der Waals surface area contributed by atoms with Gasteiger partial charge in [0.25, 0.3) is 0 Å². The molecule has 0 unspecified atom stereocenters. The van der Waals surface area contributed by atoms with Gasteiger partial charge in [0.2, 0.25) is 0 Å². The van der Waals surface area contributed by atoms with Crippen molar-refractivity contribution in [3.05, 3.63) is 35.9 Å². The summed E-state index contributed by atoms with van der Waals surface area (Å²) in [5, 5.41) is 0. The first-order valence-corrected chi connectivity index (χ1v) is 5.86. The van der Waals surface area contributed by atoms with Crippen LogP contribution in [0.3, 0.4) is 0 Å². The summed E-state index contributed by atoms with van der Waals surface area (Å²) in [6, 6.07) is 10.4. The van der Waals surface area contributed by atoms with E-state index in [0.29, 0.717) is 0 Å². The second-order valence-electron chi connectivity index (χ2n) is 6.25. The highest BCUT2D eigenvalue weighted by molar-refractivity contribution is 6.04. The molecule has 0 fully saturated rings. The molecule has 1 nitrogen and oxygen atoms in total. The molecule has 16 heavy (non-hydrogen) atoms. The SMILES string of the molecule is CC(C)(C)/N=C(\c1ccccc1)C(C)(C)C. The summed E-state index contributed by atoms with van der Waals surface area (Å²) in [7, 11) is 0. The fraction of sp³-hybridized carbons (Fsp3) is 0.533. The van der Waals surface area contributed by atoms with Gasteiger partial charge < -0.3 is 0 Å². The standard InChI is InChI=1S/C15H23N/c1-14(2,3)13(16-15(4,5)6)12-10-8-7-9-11-12/h7-11H,1-6H3/b16-13+. The third kappa shape index (κ3) is 3.80. The molecule has 0 aliphatic rings. The minimum absolute atomic E-state index is 0.0293. The molecule has 1 aromatic carbocycles. The lowest BCUT2D eigenvalue weighted by molar-refractivity contribution is 0.541. The molecule has 0 saturated heterocycles. The van der Waals surface area contributed by atoms with Crippen molar-refractivity contribution in [2.45, 2.75) is 47.1 Å². The van der Waals surface area contributed by atoms with Crippen molar-refractivity contribution < 1.29 is 0 Å². The zero-order chi connectivity index (χ0) is 12.4. The second kappa shape index (κ2) is 4.40. The summed E-state index contributed by atoms with van der Waals surface area (Å²) in [6.07, 6.45) is 0. The van der Waals surface area contributed by atoms with E-state index in [9.17, 15) is 0 Å². The van der Waals surface area contributed by atoms with Crippen molar-refractivity contribution in [1.29, 1.82) is 0 Å². The highest BCUT2D eigenvalue weighted by Crippen LogP contribution is 2.24. The van der Waals surface area contributed by atoms with Crippen LogP contribution in [0.25, 0.3) is 0 Å². The third-order valence-corrected chi connectivity index (χ3v) is 2.20. The van der Waals surface area contributed by atoms with Gasteiger partial charge in [-0.3, -0.25) is 4.99 Å². The average molecular weight is 217 g/mol. The van der Waals surface area contributed by atoms with Crippen molar-refractivity contribution in [2.24, 2.45) is 10.4 Å². The largest absolute Gasteiger partial charge is 0.283 e. The molecule has 88 valence electrons. The van der Waals surface area contributed by atoms with Gasteiger partial charge in [0, 0.05) is 11.1 Å². The summed E-state index contributed by atoms with van der Waals surface area (Å²) >= 11 is 0. The minimum Gasteiger partial charge on any atom is -0.283 e. The van der Waals surface area contributed by atoms with E-state index >= 15 is 0 Å². The van der Waals surface area contributed by atoms with Crippen LogP contribution < -0.4 is 0 Å². The van der Waals surface area contributed by atoms with Gasteiger partial charge in [0.15, 0.2) is 0 Å². The van der Waals surface area contributed by atoms with Gasteiger partial charge in [-0.2, -0.15) is 0 Å². The summed E-state index contributed by atoms with van der Waals surface area (Å²) in [4.78, 5) is 4.87. The van der Waals surface area contributed by atoms with Crippen molar-refractivity contribution in [3.8, 4) is 0 Å². The molecule has 0 atom stereocenters. The normalized spacial score (nSPS) is 14.0. The molecule has 0 aliphatic carbocycles. The molecule has 0 spiro atoms. The molecule has 1 heteroatoms. The highest BCUT2D eigenvalue weighted by Gasteiger charge is 2.22. The Balaban J connectivity index is 3.24. The van der Waals surface area contributed by atoms with Crippen molar-refractivity contribution in [3.63, 3.8) is 0 Å². The third-order valence-electron chi connectivity index (χ3n) is 2.20. The fourth-order valence-corrected chi connectivity index (χ4v) is 1.60. The molecule has 0 N–H and O–H groups in total. The van der Waals surface area contributed by atoms with Crippen LogP contribution in [0.15, 0.2) is 35.3 Å². The molecule has 0 saturated carbocycles. The topological polar surface area (TPSA) is 12.4 Å². The summed E-state index contributed by atoms with van der Waals surface area (Å²) < 4.78 is 0. The van der Waals surface area contributed by atoms with E-state index in [0.717, 1.165) is 0 Å². The van der Waals surface area contributed by atoms with E-state index < -0.39 is 0 Å². The summed E-state index contributed by atoms with van der Waals surface area (Å²) in [5.74, 6) is 0. The van der Waals surface area contributed by atoms with Crippen molar-refractivity contribution >= 4 is 5.71 Å². The maximum absolute atomic E-state index is 4.87. The van der Waals surface area contributed by atoms with Gasteiger partial charge in [0.05, 0.1) is 5.54 Å². The number of benzene rings is 1. The van der Waals surface area contributed by atoms with Crippen molar-refractivity contribution in [1.82, 2.24) is 0 Å². The van der Waals surface area contributed by atoms with E-state index in [1.807, 2.05) is 6.07 Å². The molecular weight excluding hydrogens is 194 g/mol. The Hall–Kier alpha value is -1.11. The van der Waals surface area contributed by atoms with Crippen LogP contribution in [0.2, 0.25) is 0 Å². The molecule has 1 aromatic rings. The Morgan fingerprint density at radius 2 is 1.38 bits per heavy atom. The molecule has 0 aliphatic heterocycles. The first-order valence-electron chi connectivity index (χ1n) is 5.86. The average Bonchev–Trinajstić information content (AvgIpc) is 2.13. The Bertz CT molecular complexity index is 361. The number of nitrogens with zero attached hydrogens (tertiary/aromatic N) is 1. The van der Waals surface area contributed by atoms with E-state index in [1.54, 1.807) is 0 Å². The number of hydrogen-bond acceptors (Lipinski definition) is 1. The zero-order valence-corrected chi connectivity index (χ0v) is 11.3. The van der Waals surface area contributed by atoms with Gasteiger partial charge in [-0.25, -0.2) is 0 Å². The predicted molar refractivity (Wildman–Crippen MR) is 72.2 cm³/mol. The Morgan fingerprint density at radius 3 is 1.75 bits per heavy atom. The summed E-state index contributed by atoms with van der Waals surface area (Å²) in [6.45, 7) is 13.1. The lowest BCUT2D eigenvalue weighted by atomic mass is 9.85.